The van der Waals surface area contributed by atoms with Crippen LogP contribution in [0, 0.1) is 0 Å². The molecule has 1 heteroatoms. The van der Waals surface area contributed by atoms with Gasteiger partial charge in [-0.05, 0) is 103 Å². The topological polar surface area (TPSA) is 12.9 Å². The lowest BCUT2D eigenvalue weighted by Crippen LogP contribution is -1.97. The predicted molar refractivity (Wildman–Crippen MR) is 207 cm³/mol. The molecule has 0 saturated heterocycles. The second kappa shape index (κ2) is 13.1. The summed E-state index contributed by atoms with van der Waals surface area (Å²) in [6.07, 6.45) is 14.3. The van der Waals surface area contributed by atoms with Gasteiger partial charge in [0.05, 0.1) is 5.69 Å². The Morgan fingerprint density at radius 2 is 1.19 bits per heavy atom. The first kappa shape index (κ1) is 30.1. The van der Waals surface area contributed by atoms with E-state index in [1.807, 2.05) is 6.20 Å². The highest BCUT2D eigenvalue weighted by Crippen LogP contribution is 2.47. The summed E-state index contributed by atoms with van der Waals surface area (Å²) in [6, 6.07) is 45.3. The van der Waals surface area contributed by atoms with Gasteiger partial charge in [-0.2, -0.15) is 0 Å². The van der Waals surface area contributed by atoms with E-state index in [1.54, 1.807) is 0 Å². The Bertz CT molecular complexity index is 2280. The minimum Gasteiger partial charge on any atom is -0.256 e. The van der Waals surface area contributed by atoms with Gasteiger partial charge in [-0.3, -0.25) is 4.98 Å². The summed E-state index contributed by atoms with van der Waals surface area (Å²) in [5.74, 6) is 0.620. The Morgan fingerprint density at radius 3 is 1.79 bits per heavy atom. The molecule has 0 N–H and O–H groups in total. The van der Waals surface area contributed by atoms with Crippen molar-refractivity contribution < 1.29 is 0 Å². The third-order valence-electron chi connectivity index (χ3n) is 10.3. The van der Waals surface area contributed by atoms with Gasteiger partial charge in [-0.1, -0.05) is 154 Å². The second-order valence-electron chi connectivity index (χ2n) is 13.1. The van der Waals surface area contributed by atoms with Gasteiger partial charge in [-0.25, -0.2) is 0 Å². The van der Waals surface area contributed by atoms with E-state index in [-0.39, 0.29) is 0 Å². The second-order valence-corrected chi connectivity index (χ2v) is 13.1. The maximum absolute atomic E-state index is 4.99. The number of benzene rings is 6. The lowest BCUT2D eigenvalue weighted by atomic mass is 9.83. The number of rotatable bonds is 8. The van der Waals surface area contributed by atoms with Crippen LogP contribution in [-0.4, -0.2) is 4.98 Å². The van der Waals surface area contributed by atoms with Crippen molar-refractivity contribution in [2.45, 2.75) is 51.9 Å². The molecule has 1 unspecified atom stereocenters. The normalized spacial score (nSPS) is 13.7. The number of fused-ring (bicyclic) bond motifs is 3. The molecule has 7 aromatic rings. The Labute approximate surface area is 284 Å². The molecule has 0 bridgehead atoms. The minimum atomic E-state index is 0.620. The van der Waals surface area contributed by atoms with Crippen molar-refractivity contribution in [1.82, 2.24) is 4.98 Å². The average Bonchev–Trinajstić information content (AvgIpc) is 3.16. The number of aromatic nitrogens is 1. The molecule has 0 saturated carbocycles. The molecule has 234 valence electrons. The van der Waals surface area contributed by atoms with Gasteiger partial charge in [0.15, 0.2) is 0 Å². The molecule has 1 aliphatic carbocycles. The molecule has 0 amide bonds. The zero-order chi connectivity index (χ0) is 32.5. The summed E-state index contributed by atoms with van der Waals surface area (Å²) < 4.78 is 0. The summed E-state index contributed by atoms with van der Waals surface area (Å²) in [4.78, 5) is 4.99. The first-order valence-electron chi connectivity index (χ1n) is 17.6. The highest BCUT2D eigenvalue weighted by molar-refractivity contribution is 6.24. The van der Waals surface area contributed by atoms with E-state index in [2.05, 4.69) is 153 Å². The quantitative estimate of drug-likeness (QED) is 0.154. The summed E-state index contributed by atoms with van der Waals surface area (Å²) >= 11 is 0. The van der Waals surface area contributed by atoms with Crippen LogP contribution in [0.15, 0.2) is 146 Å². The van der Waals surface area contributed by atoms with Crippen molar-refractivity contribution >= 4 is 37.9 Å². The Hall–Kier alpha value is -5.27. The SMILES string of the molecule is CCCC(CC)c1ccc(-c2c3ccccc3c(-c3ccc(-c4ncccc4C4=CC=CCC4)c4ccccc34)c3ccccc23)cc1. The van der Waals surface area contributed by atoms with Crippen LogP contribution in [0.3, 0.4) is 0 Å². The van der Waals surface area contributed by atoms with Crippen LogP contribution in [0.5, 0.6) is 0 Å². The molecule has 0 radical (unpaired) electrons. The van der Waals surface area contributed by atoms with Crippen molar-refractivity contribution in [2.75, 3.05) is 0 Å². The lowest BCUT2D eigenvalue weighted by molar-refractivity contribution is 0.596. The molecular formula is C47H41N. The number of nitrogens with zero attached hydrogens (tertiary/aromatic N) is 1. The van der Waals surface area contributed by atoms with Crippen molar-refractivity contribution in [3.63, 3.8) is 0 Å². The smallest absolute Gasteiger partial charge is 0.0783 e. The van der Waals surface area contributed by atoms with E-state index in [9.17, 15) is 0 Å². The lowest BCUT2D eigenvalue weighted by Gasteiger charge is -2.21. The number of hydrogen-bond donors (Lipinski definition) is 0. The first-order chi connectivity index (χ1) is 23.8. The van der Waals surface area contributed by atoms with Crippen molar-refractivity contribution in [1.29, 1.82) is 0 Å². The zero-order valence-electron chi connectivity index (χ0n) is 27.9. The molecule has 0 spiro atoms. The Balaban J connectivity index is 1.36. The number of pyridine rings is 1. The standard InChI is InChI=1S/C47H41N/c1-3-15-32(4-2)33-25-27-35(28-26-33)45-39-20-10-12-22-41(39)46(42-23-13-11-21-40(42)45)43-29-30-44(38-19-9-8-18-37(38)43)47-36(24-14-31-48-47)34-16-6-5-7-17-34/h5-6,8-14,16,18-32H,3-4,7,15,17H2,1-2H3. The van der Waals surface area contributed by atoms with Gasteiger partial charge < -0.3 is 0 Å². The zero-order valence-corrected chi connectivity index (χ0v) is 27.9. The van der Waals surface area contributed by atoms with E-state index in [4.69, 9.17) is 4.98 Å². The third-order valence-corrected chi connectivity index (χ3v) is 10.3. The van der Waals surface area contributed by atoms with Crippen molar-refractivity contribution in [3.05, 3.63) is 157 Å². The molecule has 1 aliphatic rings. The van der Waals surface area contributed by atoms with Crippen LogP contribution in [-0.2, 0) is 0 Å². The minimum absolute atomic E-state index is 0.620. The van der Waals surface area contributed by atoms with Crippen LogP contribution < -0.4 is 0 Å². The molecule has 1 nitrogen and oxygen atoms in total. The number of allylic oxidation sites excluding steroid dienone is 4. The average molecular weight is 620 g/mol. The highest BCUT2D eigenvalue weighted by Gasteiger charge is 2.20. The summed E-state index contributed by atoms with van der Waals surface area (Å²) in [5.41, 5.74) is 11.4. The molecule has 48 heavy (non-hydrogen) atoms. The molecule has 1 heterocycles. The van der Waals surface area contributed by atoms with Gasteiger partial charge >= 0.3 is 0 Å². The molecule has 0 fully saturated rings. The van der Waals surface area contributed by atoms with E-state index in [0.717, 1.165) is 18.5 Å². The molecule has 8 rings (SSSR count). The van der Waals surface area contributed by atoms with Gasteiger partial charge in [0.1, 0.15) is 0 Å². The molecule has 0 aliphatic heterocycles. The van der Waals surface area contributed by atoms with Crippen LogP contribution in [0.2, 0.25) is 0 Å². The van der Waals surface area contributed by atoms with Gasteiger partial charge in [0, 0.05) is 17.3 Å². The first-order valence-corrected chi connectivity index (χ1v) is 17.6. The van der Waals surface area contributed by atoms with Gasteiger partial charge in [0.2, 0.25) is 0 Å². The molecule has 1 aromatic heterocycles. The molecular weight excluding hydrogens is 579 g/mol. The third kappa shape index (κ3) is 5.24. The summed E-state index contributed by atoms with van der Waals surface area (Å²) in [6.45, 7) is 4.60. The monoisotopic (exact) mass is 619 g/mol. The summed E-state index contributed by atoms with van der Waals surface area (Å²) in [7, 11) is 0. The van der Waals surface area contributed by atoms with E-state index < -0.39 is 0 Å². The van der Waals surface area contributed by atoms with Gasteiger partial charge in [0.25, 0.3) is 0 Å². The van der Waals surface area contributed by atoms with E-state index in [0.29, 0.717) is 5.92 Å². The van der Waals surface area contributed by atoms with Crippen LogP contribution in [0.25, 0.3) is 71.4 Å². The highest BCUT2D eigenvalue weighted by atomic mass is 14.7. The van der Waals surface area contributed by atoms with Crippen LogP contribution >= 0.6 is 0 Å². The maximum Gasteiger partial charge on any atom is 0.0783 e. The fraction of sp³-hybridized carbons (Fsp3) is 0.170. The largest absolute Gasteiger partial charge is 0.256 e. The van der Waals surface area contributed by atoms with Crippen molar-refractivity contribution in [3.8, 4) is 33.5 Å². The van der Waals surface area contributed by atoms with Crippen molar-refractivity contribution in [2.24, 2.45) is 0 Å². The number of hydrogen-bond acceptors (Lipinski definition) is 1. The summed E-state index contributed by atoms with van der Waals surface area (Å²) in [5, 5.41) is 7.62. The van der Waals surface area contributed by atoms with Crippen LogP contribution in [0.1, 0.15) is 63.0 Å². The fourth-order valence-electron chi connectivity index (χ4n) is 8.04. The molecule has 1 atom stereocenters. The molecule has 6 aromatic carbocycles. The Morgan fingerprint density at radius 1 is 0.583 bits per heavy atom. The predicted octanol–water partition coefficient (Wildman–Crippen LogP) is 13.6. The maximum atomic E-state index is 4.99. The van der Waals surface area contributed by atoms with E-state index in [1.165, 1.54) is 96.1 Å². The van der Waals surface area contributed by atoms with E-state index >= 15 is 0 Å². The van der Waals surface area contributed by atoms with Gasteiger partial charge in [-0.15, -0.1) is 0 Å². The van der Waals surface area contributed by atoms with Crippen LogP contribution in [0.4, 0.5) is 0 Å². The Kier molecular flexibility index (Phi) is 8.20. The fourth-order valence-corrected chi connectivity index (χ4v) is 8.04.